The van der Waals surface area contributed by atoms with Gasteiger partial charge in [-0.1, -0.05) is 0 Å². The molecule has 3 aromatic rings. The van der Waals surface area contributed by atoms with Gasteiger partial charge in [-0.3, -0.25) is 4.79 Å². The summed E-state index contributed by atoms with van der Waals surface area (Å²) < 4.78 is 34.1. The van der Waals surface area contributed by atoms with Crippen molar-refractivity contribution in [1.29, 1.82) is 0 Å². The van der Waals surface area contributed by atoms with Gasteiger partial charge in [0.25, 0.3) is 12.3 Å². The Hall–Kier alpha value is -2.39. The van der Waals surface area contributed by atoms with E-state index in [4.69, 9.17) is 4.74 Å². The van der Waals surface area contributed by atoms with Gasteiger partial charge in [0, 0.05) is 25.3 Å². The number of rotatable bonds is 6. The average molecular weight is 530 g/mol. The number of aromatic nitrogens is 5. The fourth-order valence-corrected chi connectivity index (χ4v) is 3.95. The molecule has 10 nitrogen and oxygen atoms in total. The Bertz CT molecular complexity index is 1090. The number of halogens is 3. The summed E-state index contributed by atoms with van der Waals surface area (Å²) in [6.45, 7) is 3.11. The fraction of sp³-hybridized carbons (Fsp3) is 0.412. The maximum absolute atomic E-state index is 13.1. The molecule has 0 radical (unpaired) electrons. The topological polar surface area (TPSA) is 102 Å². The van der Waals surface area contributed by atoms with Crippen LogP contribution in [0.2, 0.25) is 0 Å². The summed E-state index contributed by atoms with van der Waals surface area (Å²) in [6, 6.07) is 2.63. The SMILES string of the molecule is O=C(Nc1cn(I)nc1C(F)F)c1cnn2ccc(N3CC(NC4COC4)C3)nc12. The Kier molecular flexibility index (Phi) is 5.02. The highest BCUT2D eigenvalue weighted by Crippen LogP contribution is 2.27. The number of nitrogens with zero attached hydrogens (tertiary/aromatic N) is 6. The molecule has 0 saturated carbocycles. The van der Waals surface area contributed by atoms with Crippen LogP contribution in [-0.2, 0) is 4.74 Å². The molecule has 158 valence electrons. The van der Waals surface area contributed by atoms with Crippen molar-refractivity contribution in [1.82, 2.24) is 27.9 Å². The van der Waals surface area contributed by atoms with E-state index in [-0.39, 0.29) is 11.3 Å². The van der Waals surface area contributed by atoms with E-state index in [0.717, 1.165) is 32.1 Å². The normalized spacial score (nSPS) is 17.4. The second-order valence-electron chi connectivity index (χ2n) is 7.19. The second kappa shape index (κ2) is 7.70. The summed E-state index contributed by atoms with van der Waals surface area (Å²) in [6.07, 6.45) is 1.62. The number of ether oxygens (including phenoxy) is 1. The highest BCUT2D eigenvalue weighted by Gasteiger charge is 2.32. The number of hydrogen-bond acceptors (Lipinski definition) is 7. The van der Waals surface area contributed by atoms with Crippen molar-refractivity contribution in [2.24, 2.45) is 0 Å². The molecule has 2 aliphatic rings. The Morgan fingerprint density at radius 3 is 2.80 bits per heavy atom. The lowest BCUT2D eigenvalue weighted by atomic mass is 10.1. The Morgan fingerprint density at radius 2 is 2.10 bits per heavy atom. The molecular formula is C17H17F2IN8O2. The lowest BCUT2D eigenvalue weighted by molar-refractivity contribution is -0.0114. The minimum Gasteiger partial charge on any atom is -0.378 e. The molecule has 5 heterocycles. The molecule has 0 aromatic carbocycles. The third kappa shape index (κ3) is 3.60. The van der Waals surface area contributed by atoms with Crippen LogP contribution in [0.5, 0.6) is 0 Å². The van der Waals surface area contributed by atoms with Crippen molar-refractivity contribution in [3.63, 3.8) is 0 Å². The number of fused-ring (bicyclic) bond motifs is 1. The summed E-state index contributed by atoms with van der Waals surface area (Å²) in [5.74, 6) is 0.155. The molecule has 0 bridgehead atoms. The van der Waals surface area contributed by atoms with Gasteiger partial charge in [-0.15, -0.1) is 0 Å². The van der Waals surface area contributed by atoms with Gasteiger partial charge in [0.05, 0.1) is 60.2 Å². The van der Waals surface area contributed by atoms with Gasteiger partial charge in [0.2, 0.25) is 0 Å². The summed E-state index contributed by atoms with van der Waals surface area (Å²) in [5.41, 5.74) is 0.0183. The number of nitrogens with one attached hydrogen (secondary N) is 2. The number of carbonyl (C=O) groups excluding carboxylic acids is 1. The van der Waals surface area contributed by atoms with Gasteiger partial charge in [0.15, 0.2) is 11.3 Å². The van der Waals surface area contributed by atoms with E-state index in [9.17, 15) is 13.6 Å². The standard InChI is InChI=1S/C17H17F2IN8O2/c18-15(19)14-12(6-28(20)25-14)23-17(29)11-3-21-27-2-1-13(24-16(11)27)26-4-9(5-26)22-10-7-30-8-10/h1-3,6,9-10,15,22H,4-5,7-8H2,(H,23,29). The monoisotopic (exact) mass is 530 g/mol. The van der Waals surface area contributed by atoms with E-state index >= 15 is 0 Å². The van der Waals surface area contributed by atoms with E-state index < -0.39 is 18.0 Å². The Labute approximate surface area is 183 Å². The lowest BCUT2D eigenvalue weighted by Gasteiger charge is -2.43. The van der Waals surface area contributed by atoms with Gasteiger partial charge in [0.1, 0.15) is 11.4 Å². The van der Waals surface area contributed by atoms with Crippen LogP contribution in [0.4, 0.5) is 20.3 Å². The molecule has 3 aromatic heterocycles. The smallest absolute Gasteiger partial charge is 0.284 e. The van der Waals surface area contributed by atoms with Crippen molar-refractivity contribution in [2.75, 3.05) is 36.5 Å². The first-order valence-electron chi connectivity index (χ1n) is 9.26. The first kappa shape index (κ1) is 19.6. The van der Waals surface area contributed by atoms with Gasteiger partial charge >= 0.3 is 0 Å². The fourth-order valence-electron chi connectivity index (χ4n) is 3.44. The Balaban J connectivity index is 1.33. The molecule has 2 N–H and O–H groups in total. The van der Waals surface area contributed by atoms with Gasteiger partial charge in [-0.2, -0.15) is 10.2 Å². The molecule has 0 unspecified atom stereocenters. The first-order chi connectivity index (χ1) is 14.5. The molecule has 0 aliphatic carbocycles. The number of hydrogen-bond donors (Lipinski definition) is 2. The van der Waals surface area contributed by atoms with E-state index in [1.807, 2.05) is 6.07 Å². The molecular weight excluding hydrogens is 513 g/mol. The maximum atomic E-state index is 13.1. The van der Waals surface area contributed by atoms with Crippen LogP contribution in [0.1, 0.15) is 22.5 Å². The number of anilines is 2. The summed E-state index contributed by atoms with van der Waals surface area (Å²) in [4.78, 5) is 19.4. The van der Waals surface area contributed by atoms with Crippen LogP contribution in [-0.4, -0.2) is 66.9 Å². The molecule has 2 aliphatic heterocycles. The van der Waals surface area contributed by atoms with Crippen molar-refractivity contribution in [2.45, 2.75) is 18.5 Å². The molecule has 5 rings (SSSR count). The second-order valence-corrected chi connectivity index (χ2v) is 8.18. The maximum Gasteiger partial charge on any atom is 0.284 e. The molecule has 30 heavy (non-hydrogen) atoms. The molecule has 13 heteroatoms. The van der Waals surface area contributed by atoms with E-state index in [0.29, 0.717) is 17.7 Å². The molecule has 1 amide bonds. The van der Waals surface area contributed by atoms with Crippen LogP contribution in [0.15, 0.2) is 24.7 Å². The van der Waals surface area contributed by atoms with E-state index in [1.165, 1.54) is 19.8 Å². The van der Waals surface area contributed by atoms with Crippen LogP contribution in [0.25, 0.3) is 5.65 Å². The first-order valence-corrected chi connectivity index (χ1v) is 10.2. The largest absolute Gasteiger partial charge is 0.378 e. The molecule has 0 atom stereocenters. The summed E-state index contributed by atoms with van der Waals surface area (Å²) in [7, 11) is 0. The van der Waals surface area contributed by atoms with E-state index in [2.05, 4.69) is 30.7 Å². The van der Waals surface area contributed by atoms with Crippen molar-refractivity contribution in [3.8, 4) is 0 Å². The minimum absolute atomic E-state index is 0.0449. The van der Waals surface area contributed by atoms with Gasteiger partial charge < -0.3 is 20.3 Å². The predicted molar refractivity (Wildman–Crippen MR) is 111 cm³/mol. The quantitative estimate of drug-likeness (QED) is 0.466. The number of carbonyl (C=O) groups is 1. The van der Waals surface area contributed by atoms with Gasteiger partial charge in [-0.25, -0.2) is 21.2 Å². The summed E-state index contributed by atoms with van der Waals surface area (Å²) >= 11 is 1.75. The third-order valence-corrected chi connectivity index (χ3v) is 5.58. The predicted octanol–water partition coefficient (Wildman–Crippen LogP) is 1.49. The zero-order chi connectivity index (χ0) is 20.8. The zero-order valence-corrected chi connectivity index (χ0v) is 17.7. The van der Waals surface area contributed by atoms with Gasteiger partial charge in [-0.05, 0) is 6.07 Å². The molecule has 2 fully saturated rings. The third-order valence-electron chi connectivity index (χ3n) is 5.08. The summed E-state index contributed by atoms with van der Waals surface area (Å²) in [5, 5.41) is 13.8. The minimum atomic E-state index is -2.80. The van der Waals surface area contributed by atoms with E-state index in [1.54, 1.807) is 29.1 Å². The van der Waals surface area contributed by atoms with Crippen LogP contribution < -0.4 is 15.5 Å². The van der Waals surface area contributed by atoms with Crippen LogP contribution >= 0.6 is 22.9 Å². The highest BCUT2D eigenvalue weighted by molar-refractivity contribution is 14.1. The number of alkyl halides is 2. The lowest BCUT2D eigenvalue weighted by Crippen LogP contribution is -2.63. The Morgan fingerprint density at radius 1 is 1.30 bits per heavy atom. The van der Waals surface area contributed by atoms with Crippen molar-refractivity contribution >= 4 is 45.9 Å². The average Bonchev–Trinajstić information content (AvgIpc) is 3.22. The molecule has 0 spiro atoms. The molecule has 2 saturated heterocycles. The zero-order valence-electron chi connectivity index (χ0n) is 15.5. The highest BCUT2D eigenvalue weighted by atomic mass is 127. The van der Waals surface area contributed by atoms with Crippen molar-refractivity contribution < 1.29 is 18.3 Å². The van der Waals surface area contributed by atoms with Crippen LogP contribution in [0, 0.1) is 0 Å². The van der Waals surface area contributed by atoms with Crippen molar-refractivity contribution in [3.05, 3.63) is 35.9 Å². The number of amides is 1. The van der Waals surface area contributed by atoms with Crippen LogP contribution in [0.3, 0.4) is 0 Å².